The molecular weight excluding hydrogens is 264 g/mol. The van der Waals surface area contributed by atoms with Crippen LogP contribution >= 0.6 is 0 Å². The fraction of sp³-hybridized carbons (Fsp3) is 0.571. The van der Waals surface area contributed by atoms with Crippen LogP contribution in [-0.4, -0.2) is 24.2 Å². The summed E-state index contributed by atoms with van der Waals surface area (Å²) in [7, 11) is -4.16. The van der Waals surface area contributed by atoms with Crippen LogP contribution in [0.5, 0.6) is 0 Å². The molecule has 0 saturated heterocycles. The Morgan fingerprint density at radius 1 is 1.21 bits per heavy atom. The highest BCUT2D eigenvalue weighted by Crippen LogP contribution is 2.29. The summed E-state index contributed by atoms with van der Waals surface area (Å²) in [5, 5.41) is 9.49. The minimum Gasteiger partial charge on any atom is -0.393 e. The van der Waals surface area contributed by atoms with Crippen LogP contribution in [0.2, 0.25) is 0 Å². The first-order valence-corrected chi connectivity index (χ1v) is 8.05. The molecule has 1 saturated carbocycles. The molecule has 0 amide bonds. The molecule has 1 aliphatic rings. The van der Waals surface area contributed by atoms with Crippen molar-refractivity contribution in [2.45, 2.75) is 50.0 Å². The molecule has 0 atom stereocenters. The summed E-state index contributed by atoms with van der Waals surface area (Å²) in [6.45, 7) is 1.90. The predicted molar refractivity (Wildman–Crippen MR) is 72.7 cm³/mol. The molecule has 106 valence electrons. The highest BCUT2D eigenvalue weighted by Gasteiger charge is 2.23. The quantitative estimate of drug-likeness (QED) is 0.835. The van der Waals surface area contributed by atoms with Gasteiger partial charge in [-0.1, -0.05) is 17.7 Å². The van der Waals surface area contributed by atoms with Crippen molar-refractivity contribution in [2.24, 2.45) is 5.92 Å². The van der Waals surface area contributed by atoms with E-state index in [2.05, 4.69) is 0 Å². The first-order valence-electron chi connectivity index (χ1n) is 6.61. The first kappa shape index (κ1) is 14.5. The minimum atomic E-state index is -4.16. The van der Waals surface area contributed by atoms with Crippen LogP contribution in [0.4, 0.5) is 0 Å². The van der Waals surface area contributed by atoms with Crippen LogP contribution in [0, 0.1) is 12.8 Å². The Labute approximate surface area is 114 Å². The number of hydrogen-bond donors (Lipinski definition) is 2. The zero-order valence-corrected chi connectivity index (χ0v) is 11.9. The molecule has 0 aliphatic heterocycles. The zero-order chi connectivity index (χ0) is 14.0. The Balaban J connectivity index is 2.22. The fourth-order valence-electron chi connectivity index (χ4n) is 2.78. The maximum atomic E-state index is 11.4. The molecular formula is C14H20O4S. The molecule has 2 rings (SSSR count). The zero-order valence-electron chi connectivity index (χ0n) is 11.0. The topological polar surface area (TPSA) is 74.6 Å². The molecule has 0 bridgehead atoms. The van der Waals surface area contributed by atoms with Gasteiger partial charge in [0.25, 0.3) is 10.1 Å². The second kappa shape index (κ2) is 5.61. The second-order valence-electron chi connectivity index (χ2n) is 5.46. The average molecular weight is 284 g/mol. The van der Waals surface area contributed by atoms with E-state index < -0.39 is 10.1 Å². The van der Waals surface area contributed by atoms with E-state index in [0.29, 0.717) is 17.9 Å². The average Bonchev–Trinajstić information content (AvgIpc) is 2.30. The van der Waals surface area contributed by atoms with Crippen LogP contribution in [-0.2, 0) is 16.5 Å². The van der Waals surface area contributed by atoms with Gasteiger partial charge in [-0.3, -0.25) is 4.55 Å². The normalized spacial score (nSPS) is 24.4. The minimum absolute atomic E-state index is 0.0178. The summed E-state index contributed by atoms with van der Waals surface area (Å²) in [5.74, 6) is 0.380. The van der Waals surface area contributed by atoms with Gasteiger partial charge < -0.3 is 5.11 Å². The lowest BCUT2D eigenvalue weighted by molar-refractivity contribution is 0.108. The number of benzene rings is 1. The van der Waals surface area contributed by atoms with Crippen LogP contribution in [0.15, 0.2) is 23.1 Å². The number of hydrogen-bond acceptors (Lipinski definition) is 3. The predicted octanol–water partition coefficient (Wildman–Crippen LogP) is 2.34. The Bertz CT molecular complexity index is 543. The van der Waals surface area contributed by atoms with Gasteiger partial charge in [-0.25, -0.2) is 0 Å². The lowest BCUT2D eigenvalue weighted by atomic mass is 9.83. The third-order valence-electron chi connectivity index (χ3n) is 3.82. The van der Waals surface area contributed by atoms with Crippen LogP contribution < -0.4 is 0 Å². The van der Waals surface area contributed by atoms with Gasteiger partial charge in [0.1, 0.15) is 0 Å². The molecule has 0 unspecified atom stereocenters. The van der Waals surface area contributed by atoms with E-state index in [-0.39, 0.29) is 11.0 Å². The summed E-state index contributed by atoms with van der Waals surface area (Å²) >= 11 is 0. The van der Waals surface area contributed by atoms with Crippen molar-refractivity contribution in [1.29, 1.82) is 0 Å². The molecule has 1 aliphatic carbocycles. The van der Waals surface area contributed by atoms with Gasteiger partial charge in [0, 0.05) is 0 Å². The monoisotopic (exact) mass is 284 g/mol. The van der Waals surface area contributed by atoms with E-state index in [1.807, 2.05) is 13.0 Å². The number of aliphatic hydroxyl groups excluding tert-OH is 1. The van der Waals surface area contributed by atoms with E-state index >= 15 is 0 Å². The SMILES string of the molecule is Cc1ccc(S(=O)(=O)O)c(CC2CCC(O)CC2)c1. The molecule has 19 heavy (non-hydrogen) atoms. The van der Waals surface area contributed by atoms with Crippen molar-refractivity contribution < 1.29 is 18.1 Å². The van der Waals surface area contributed by atoms with Crippen LogP contribution in [0.25, 0.3) is 0 Å². The Hall–Kier alpha value is -0.910. The molecule has 0 radical (unpaired) electrons. The molecule has 5 heteroatoms. The van der Waals surface area contributed by atoms with E-state index in [9.17, 15) is 18.1 Å². The maximum Gasteiger partial charge on any atom is 0.294 e. The van der Waals surface area contributed by atoms with E-state index in [4.69, 9.17) is 0 Å². The summed E-state index contributed by atoms with van der Waals surface area (Å²) in [5.41, 5.74) is 1.67. The maximum absolute atomic E-state index is 11.4. The first-order chi connectivity index (χ1) is 8.86. The second-order valence-corrected chi connectivity index (χ2v) is 6.85. The van der Waals surface area contributed by atoms with Crippen LogP contribution in [0.3, 0.4) is 0 Å². The number of aryl methyl sites for hydroxylation is 1. The van der Waals surface area contributed by atoms with E-state index in [1.54, 1.807) is 6.07 Å². The largest absolute Gasteiger partial charge is 0.393 e. The molecule has 0 aromatic heterocycles. The lowest BCUT2D eigenvalue weighted by Gasteiger charge is -2.26. The van der Waals surface area contributed by atoms with Gasteiger partial charge in [0.15, 0.2) is 0 Å². The molecule has 1 aromatic carbocycles. The van der Waals surface area contributed by atoms with Crippen molar-refractivity contribution in [3.8, 4) is 0 Å². The van der Waals surface area contributed by atoms with Crippen molar-refractivity contribution in [3.05, 3.63) is 29.3 Å². The van der Waals surface area contributed by atoms with Crippen molar-refractivity contribution >= 4 is 10.1 Å². The molecule has 4 nitrogen and oxygen atoms in total. The summed E-state index contributed by atoms with van der Waals surface area (Å²) < 4.78 is 32.0. The summed E-state index contributed by atoms with van der Waals surface area (Å²) in [6.07, 6.45) is 3.79. The highest BCUT2D eigenvalue weighted by molar-refractivity contribution is 7.85. The van der Waals surface area contributed by atoms with E-state index in [1.165, 1.54) is 6.07 Å². The van der Waals surface area contributed by atoms with Crippen LogP contribution in [0.1, 0.15) is 36.8 Å². The highest BCUT2D eigenvalue weighted by atomic mass is 32.2. The Kier molecular flexibility index (Phi) is 4.28. The number of rotatable bonds is 3. The third-order valence-corrected chi connectivity index (χ3v) is 4.77. The fourth-order valence-corrected chi connectivity index (χ4v) is 3.49. The van der Waals surface area contributed by atoms with Gasteiger partial charge in [-0.05, 0) is 56.6 Å². The summed E-state index contributed by atoms with van der Waals surface area (Å²) in [4.78, 5) is 0.0178. The number of aliphatic hydroxyl groups is 1. The van der Waals surface area contributed by atoms with Crippen molar-refractivity contribution in [3.63, 3.8) is 0 Å². The Morgan fingerprint density at radius 3 is 2.42 bits per heavy atom. The van der Waals surface area contributed by atoms with Gasteiger partial charge in [-0.2, -0.15) is 8.42 Å². The third kappa shape index (κ3) is 3.78. The standard InChI is InChI=1S/C14H20O4S/c1-10-2-7-14(19(16,17)18)12(8-10)9-11-3-5-13(15)6-4-11/h2,7-8,11,13,15H,3-6,9H2,1H3,(H,16,17,18). The van der Waals surface area contributed by atoms with Crippen molar-refractivity contribution in [1.82, 2.24) is 0 Å². The van der Waals surface area contributed by atoms with Crippen molar-refractivity contribution in [2.75, 3.05) is 0 Å². The molecule has 0 heterocycles. The van der Waals surface area contributed by atoms with Gasteiger partial charge in [0.2, 0.25) is 0 Å². The lowest BCUT2D eigenvalue weighted by Crippen LogP contribution is -2.20. The van der Waals surface area contributed by atoms with Gasteiger partial charge in [-0.15, -0.1) is 0 Å². The Morgan fingerprint density at radius 2 is 1.84 bits per heavy atom. The molecule has 0 spiro atoms. The smallest absolute Gasteiger partial charge is 0.294 e. The molecule has 2 N–H and O–H groups in total. The van der Waals surface area contributed by atoms with Gasteiger partial charge in [0.05, 0.1) is 11.0 Å². The summed E-state index contributed by atoms with van der Waals surface area (Å²) in [6, 6.07) is 4.99. The molecule has 1 fully saturated rings. The van der Waals surface area contributed by atoms with E-state index in [0.717, 1.165) is 31.2 Å². The molecule has 1 aromatic rings. The van der Waals surface area contributed by atoms with Gasteiger partial charge >= 0.3 is 0 Å².